The van der Waals surface area contributed by atoms with E-state index in [1.807, 2.05) is 0 Å². The van der Waals surface area contributed by atoms with Crippen LogP contribution in [-0.2, 0) is 0 Å². The van der Waals surface area contributed by atoms with Gasteiger partial charge in [0.25, 0.3) is 0 Å². The van der Waals surface area contributed by atoms with Crippen LogP contribution in [0, 0.1) is 11.8 Å². The standard InChI is InChI=1S/C13H25NO2/c15-9-11-5-2-1-4-10(11)8-14-12-6-3-7-13(12)16/h10-16H,1-9H2. The Labute approximate surface area is 98.2 Å². The minimum absolute atomic E-state index is 0.142. The molecule has 0 aromatic rings. The summed E-state index contributed by atoms with van der Waals surface area (Å²) in [5.74, 6) is 1.10. The van der Waals surface area contributed by atoms with Crippen molar-refractivity contribution in [2.45, 2.75) is 57.1 Å². The lowest BCUT2D eigenvalue weighted by atomic mass is 9.79. The zero-order chi connectivity index (χ0) is 11.4. The summed E-state index contributed by atoms with van der Waals surface area (Å²) in [7, 11) is 0. The molecule has 16 heavy (non-hydrogen) atoms. The minimum Gasteiger partial charge on any atom is -0.396 e. The molecule has 0 heterocycles. The van der Waals surface area contributed by atoms with Gasteiger partial charge in [0.15, 0.2) is 0 Å². The second-order valence-electron chi connectivity index (χ2n) is 5.50. The van der Waals surface area contributed by atoms with Gasteiger partial charge < -0.3 is 15.5 Å². The lowest BCUT2D eigenvalue weighted by Crippen LogP contribution is -2.41. The summed E-state index contributed by atoms with van der Waals surface area (Å²) in [6.07, 6.45) is 8.05. The fourth-order valence-corrected chi connectivity index (χ4v) is 3.27. The Hall–Kier alpha value is -0.120. The van der Waals surface area contributed by atoms with E-state index in [0.717, 1.165) is 25.8 Å². The topological polar surface area (TPSA) is 52.5 Å². The lowest BCUT2D eigenvalue weighted by Gasteiger charge is -2.31. The number of hydrogen-bond acceptors (Lipinski definition) is 3. The highest BCUT2D eigenvalue weighted by Crippen LogP contribution is 2.29. The van der Waals surface area contributed by atoms with Gasteiger partial charge in [-0.05, 0) is 50.5 Å². The smallest absolute Gasteiger partial charge is 0.0693 e. The van der Waals surface area contributed by atoms with Crippen LogP contribution >= 0.6 is 0 Å². The average Bonchev–Trinajstić information content (AvgIpc) is 2.72. The van der Waals surface area contributed by atoms with Gasteiger partial charge in [-0.1, -0.05) is 12.8 Å². The zero-order valence-electron chi connectivity index (χ0n) is 10.1. The molecule has 0 amide bonds. The molecule has 3 heteroatoms. The van der Waals surface area contributed by atoms with E-state index in [0.29, 0.717) is 24.5 Å². The molecule has 0 aliphatic heterocycles. The van der Waals surface area contributed by atoms with Crippen LogP contribution in [0.3, 0.4) is 0 Å². The maximum atomic E-state index is 9.73. The van der Waals surface area contributed by atoms with Crippen molar-refractivity contribution in [3.8, 4) is 0 Å². The Morgan fingerprint density at radius 2 is 1.69 bits per heavy atom. The van der Waals surface area contributed by atoms with Gasteiger partial charge in [-0.25, -0.2) is 0 Å². The summed E-state index contributed by atoms with van der Waals surface area (Å²) in [5.41, 5.74) is 0. The summed E-state index contributed by atoms with van der Waals surface area (Å²) in [5, 5.41) is 22.6. The Balaban J connectivity index is 1.75. The summed E-state index contributed by atoms with van der Waals surface area (Å²) < 4.78 is 0. The first-order chi connectivity index (χ1) is 7.81. The molecule has 0 bridgehead atoms. The summed E-state index contributed by atoms with van der Waals surface area (Å²) in [6, 6.07) is 0.307. The van der Waals surface area contributed by atoms with E-state index in [9.17, 15) is 10.2 Å². The molecule has 2 rings (SSSR count). The van der Waals surface area contributed by atoms with E-state index in [1.165, 1.54) is 25.7 Å². The van der Waals surface area contributed by atoms with Gasteiger partial charge >= 0.3 is 0 Å². The summed E-state index contributed by atoms with van der Waals surface area (Å²) in [6.45, 7) is 1.31. The van der Waals surface area contributed by atoms with Crippen LogP contribution in [0.1, 0.15) is 44.9 Å². The van der Waals surface area contributed by atoms with Crippen molar-refractivity contribution in [1.29, 1.82) is 0 Å². The molecule has 94 valence electrons. The SMILES string of the molecule is OCC1CCCCC1CNC1CCCC1O. The van der Waals surface area contributed by atoms with E-state index in [-0.39, 0.29) is 6.10 Å². The molecule has 0 saturated heterocycles. The van der Waals surface area contributed by atoms with Crippen LogP contribution in [0.15, 0.2) is 0 Å². The molecular formula is C13H25NO2. The predicted octanol–water partition coefficient (Wildman–Crippen LogP) is 1.29. The van der Waals surface area contributed by atoms with E-state index in [2.05, 4.69) is 5.32 Å². The molecule has 0 aromatic carbocycles. The molecule has 2 fully saturated rings. The number of aliphatic hydroxyl groups is 2. The lowest BCUT2D eigenvalue weighted by molar-refractivity contribution is 0.115. The van der Waals surface area contributed by atoms with Crippen LogP contribution in [0.5, 0.6) is 0 Å². The molecule has 0 radical (unpaired) electrons. The Bertz CT molecular complexity index is 210. The zero-order valence-corrected chi connectivity index (χ0v) is 10.1. The van der Waals surface area contributed by atoms with Crippen LogP contribution in [0.25, 0.3) is 0 Å². The third-order valence-corrected chi connectivity index (χ3v) is 4.42. The normalized spacial score (nSPS) is 40.1. The third-order valence-electron chi connectivity index (χ3n) is 4.42. The molecule has 4 atom stereocenters. The molecule has 0 spiro atoms. The van der Waals surface area contributed by atoms with E-state index in [1.54, 1.807) is 0 Å². The van der Waals surface area contributed by atoms with Crippen molar-refractivity contribution in [1.82, 2.24) is 5.32 Å². The van der Waals surface area contributed by atoms with Crippen molar-refractivity contribution in [2.75, 3.05) is 13.2 Å². The second kappa shape index (κ2) is 5.99. The number of aliphatic hydroxyl groups excluding tert-OH is 2. The maximum Gasteiger partial charge on any atom is 0.0693 e. The molecule has 4 unspecified atom stereocenters. The van der Waals surface area contributed by atoms with Gasteiger partial charge in [0.2, 0.25) is 0 Å². The fraction of sp³-hybridized carbons (Fsp3) is 1.00. The van der Waals surface area contributed by atoms with Gasteiger partial charge in [-0.15, -0.1) is 0 Å². The molecule has 3 N–H and O–H groups in total. The molecule has 0 aromatic heterocycles. The quantitative estimate of drug-likeness (QED) is 0.678. The van der Waals surface area contributed by atoms with Gasteiger partial charge in [-0.2, -0.15) is 0 Å². The van der Waals surface area contributed by atoms with Gasteiger partial charge in [-0.3, -0.25) is 0 Å². The molecular weight excluding hydrogens is 202 g/mol. The third kappa shape index (κ3) is 2.96. The van der Waals surface area contributed by atoms with Crippen LogP contribution in [0.4, 0.5) is 0 Å². The summed E-state index contributed by atoms with van der Waals surface area (Å²) in [4.78, 5) is 0. The first-order valence-electron chi connectivity index (χ1n) is 6.83. The van der Waals surface area contributed by atoms with Crippen LogP contribution in [-0.4, -0.2) is 35.5 Å². The Morgan fingerprint density at radius 1 is 0.938 bits per heavy atom. The van der Waals surface area contributed by atoms with Crippen LogP contribution in [0.2, 0.25) is 0 Å². The molecule has 2 aliphatic carbocycles. The number of nitrogens with one attached hydrogen (secondary N) is 1. The van der Waals surface area contributed by atoms with E-state index >= 15 is 0 Å². The molecule has 2 aliphatic rings. The van der Waals surface area contributed by atoms with E-state index < -0.39 is 0 Å². The van der Waals surface area contributed by atoms with Crippen molar-refractivity contribution < 1.29 is 10.2 Å². The molecule has 3 nitrogen and oxygen atoms in total. The van der Waals surface area contributed by atoms with Gasteiger partial charge in [0, 0.05) is 12.6 Å². The second-order valence-corrected chi connectivity index (χ2v) is 5.50. The Morgan fingerprint density at radius 3 is 2.31 bits per heavy atom. The van der Waals surface area contributed by atoms with Gasteiger partial charge in [0.05, 0.1) is 6.10 Å². The highest BCUT2D eigenvalue weighted by atomic mass is 16.3. The average molecular weight is 227 g/mol. The Kier molecular flexibility index (Phi) is 4.62. The largest absolute Gasteiger partial charge is 0.396 e. The monoisotopic (exact) mass is 227 g/mol. The van der Waals surface area contributed by atoms with Gasteiger partial charge in [0.1, 0.15) is 0 Å². The van der Waals surface area contributed by atoms with E-state index in [4.69, 9.17) is 0 Å². The fourth-order valence-electron chi connectivity index (χ4n) is 3.27. The predicted molar refractivity (Wildman–Crippen MR) is 64.2 cm³/mol. The van der Waals surface area contributed by atoms with Crippen molar-refractivity contribution >= 4 is 0 Å². The summed E-state index contributed by atoms with van der Waals surface area (Å²) >= 11 is 0. The first-order valence-corrected chi connectivity index (χ1v) is 6.83. The van der Waals surface area contributed by atoms with Crippen molar-refractivity contribution in [2.24, 2.45) is 11.8 Å². The maximum absolute atomic E-state index is 9.73. The number of rotatable bonds is 4. The highest BCUT2D eigenvalue weighted by molar-refractivity contribution is 4.85. The first kappa shape index (κ1) is 12.3. The minimum atomic E-state index is -0.142. The molecule has 2 saturated carbocycles. The van der Waals surface area contributed by atoms with Crippen molar-refractivity contribution in [3.05, 3.63) is 0 Å². The van der Waals surface area contributed by atoms with Crippen molar-refractivity contribution in [3.63, 3.8) is 0 Å². The highest BCUT2D eigenvalue weighted by Gasteiger charge is 2.28. The van der Waals surface area contributed by atoms with Crippen LogP contribution < -0.4 is 5.32 Å². The number of hydrogen-bond donors (Lipinski definition) is 3.